The molecule has 0 atom stereocenters. The highest BCUT2D eigenvalue weighted by atomic mass is 14.4. The Bertz CT molecular complexity index is 103. The molecule has 0 aromatic heterocycles. The molecule has 0 saturated heterocycles. The van der Waals surface area contributed by atoms with Gasteiger partial charge in [-0.2, -0.15) is 0 Å². The van der Waals surface area contributed by atoms with Gasteiger partial charge in [0.05, 0.1) is 0 Å². The SMILES string of the molecule is C/C=C/CC(=N)CCC. The predicted molar refractivity (Wildman–Crippen MR) is 42.1 cm³/mol. The average molecular weight is 125 g/mol. The van der Waals surface area contributed by atoms with Crippen LogP contribution in [0.1, 0.15) is 33.1 Å². The second-order valence-electron chi connectivity index (χ2n) is 2.13. The lowest BCUT2D eigenvalue weighted by molar-refractivity contribution is 0.969. The lowest BCUT2D eigenvalue weighted by Crippen LogP contribution is -1.91. The molecule has 0 heterocycles. The van der Waals surface area contributed by atoms with Crippen molar-refractivity contribution in [2.75, 3.05) is 0 Å². The van der Waals surface area contributed by atoms with Gasteiger partial charge in [0.15, 0.2) is 0 Å². The molecule has 0 radical (unpaired) electrons. The van der Waals surface area contributed by atoms with E-state index in [1.54, 1.807) is 0 Å². The monoisotopic (exact) mass is 125 g/mol. The normalized spacial score (nSPS) is 10.4. The van der Waals surface area contributed by atoms with Gasteiger partial charge in [0.1, 0.15) is 0 Å². The highest BCUT2D eigenvalue weighted by molar-refractivity contribution is 5.82. The summed E-state index contributed by atoms with van der Waals surface area (Å²) in [5.74, 6) is 0. The van der Waals surface area contributed by atoms with Crippen LogP contribution in [0.25, 0.3) is 0 Å². The van der Waals surface area contributed by atoms with E-state index < -0.39 is 0 Å². The van der Waals surface area contributed by atoms with Gasteiger partial charge >= 0.3 is 0 Å². The largest absolute Gasteiger partial charge is 0.309 e. The minimum atomic E-state index is 0.838. The molecule has 0 amide bonds. The standard InChI is InChI=1S/C8H15N/c1-3-5-7-8(9)6-4-2/h3,5,9H,4,6-7H2,1-2H3/b5-3+,9-8?. The number of rotatable bonds is 4. The highest BCUT2D eigenvalue weighted by Gasteiger charge is 1.88. The van der Waals surface area contributed by atoms with Crippen LogP contribution in [0.15, 0.2) is 12.2 Å². The zero-order valence-corrected chi connectivity index (χ0v) is 6.28. The van der Waals surface area contributed by atoms with E-state index in [9.17, 15) is 0 Å². The smallest absolute Gasteiger partial charge is 0.0127 e. The summed E-state index contributed by atoms with van der Waals surface area (Å²) in [7, 11) is 0. The molecule has 0 aliphatic rings. The van der Waals surface area contributed by atoms with Gasteiger partial charge in [0, 0.05) is 12.1 Å². The van der Waals surface area contributed by atoms with E-state index in [4.69, 9.17) is 5.41 Å². The van der Waals surface area contributed by atoms with E-state index in [1.807, 2.05) is 19.1 Å². The summed E-state index contributed by atoms with van der Waals surface area (Å²) in [5.41, 5.74) is 0.843. The molecular weight excluding hydrogens is 110 g/mol. The fourth-order valence-electron chi connectivity index (χ4n) is 0.664. The zero-order chi connectivity index (χ0) is 7.11. The summed E-state index contributed by atoms with van der Waals surface area (Å²) in [4.78, 5) is 0. The minimum absolute atomic E-state index is 0.838. The highest BCUT2D eigenvalue weighted by Crippen LogP contribution is 1.94. The van der Waals surface area contributed by atoms with Crippen molar-refractivity contribution in [3.05, 3.63) is 12.2 Å². The Labute approximate surface area is 57.3 Å². The van der Waals surface area contributed by atoms with Gasteiger partial charge < -0.3 is 5.41 Å². The van der Waals surface area contributed by atoms with Crippen LogP contribution >= 0.6 is 0 Å². The van der Waals surface area contributed by atoms with E-state index in [0.29, 0.717) is 0 Å². The summed E-state index contributed by atoms with van der Waals surface area (Å²) in [5, 5.41) is 7.34. The van der Waals surface area contributed by atoms with E-state index >= 15 is 0 Å². The molecule has 0 saturated carbocycles. The van der Waals surface area contributed by atoms with Crippen molar-refractivity contribution in [3.63, 3.8) is 0 Å². The number of nitrogens with one attached hydrogen (secondary N) is 1. The first kappa shape index (κ1) is 8.41. The van der Waals surface area contributed by atoms with E-state index in [-0.39, 0.29) is 0 Å². The van der Waals surface area contributed by atoms with Crippen LogP contribution in [0.4, 0.5) is 0 Å². The molecule has 52 valence electrons. The first-order chi connectivity index (χ1) is 4.31. The lowest BCUT2D eigenvalue weighted by Gasteiger charge is -1.93. The van der Waals surface area contributed by atoms with Crippen molar-refractivity contribution >= 4 is 5.71 Å². The molecule has 0 rings (SSSR count). The molecule has 9 heavy (non-hydrogen) atoms. The molecule has 1 nitrogen and oxygen atoms in total. The van der Waals surface area contributed by atoms with Gasteiger partial charge in [-0.05, 0) is 13.3 Å². The second-order valence-corrected chi connectivity index (χ2v) is 2.13. The third-order valence-corrected chi connectivity index (χ3v) is 1.15. The van der Waals surface area contributed by atoms with E-state index in [1.165, 1.54) is 0 Å². The quantitative estimate of drug-likeness (QED) is 0.441. The first-order valence-corrected chi connectivity index (χ1v) is 3.48. The van der Waals surface area contributed by atoms with Crippen LogP contribution < -0.4 is 0 Å². The van der Waals surface area contributed by atoms with Gasteiger partial charge in [0.2, 0.25) is 0 Å². The maximum atomic E-state index is 7.34. The zero-order valence-electron chi connectivity index (χ0n) is 6.28. The Morgan fingerprint density at radius 1 is 1.56 bits per heavy atom. The molecule has 0 aliphatic heterocycles. The van der Waals surface area contributed by atoms with Gasteiger partial charge in [-0.1, -0.05) is 25.5 Å². The molecule has 0 aliphatic carbocycles. The summed E-state index contributed by atoms with van der Waals surface area (Å²) in [6.07, 6.45) is 6.90. The Hall–Kier alpha value is -0.590. The molecule has 1 heteroatoms. The summed E-state index contributed by atoms with van der Waals surface area (Å²) >= 11 is 0. The van der Waals surface area contributed by atoms with Crippen LogP contribution in [0.5, 0.6) is 0 Å². The van der Waals surface area contributed by atoms with Crippen molar-refractivity contribution < 1.29 is 0 Å². The van der Waals surface area contributed by atoms with Gasteiger partial charge in [-0.15, -0.1) is 0 Å². The summed E-state index contributed by atoms with van der Waals surface area (Å²) in [6.45, 7) is 4.09. The third-order valence-electron chi connectivity index (χ3n) is 1.15. The third kappa shape index (κ3) is 5.28. The molecule has 0 bridgehead atoms. The molecule has 0 unspecified atom stereocenters. The minimum Gasteiger partial charge on any atom is -0.309 e. The van der Waals surface area contributed by atoms with Crippen molar-refractivity contribution in [1.82, 2.24) is 0 Å². The maximum Gasteiger partial charge on any atom is 0.0127 e. The van der Waals surface area contributed by atoms with Crippen molar-refractivity contribution in [2.45, 2.75) is 33.1 Å². The lowest BCUT2D eigenvalue weighted by atomic mass is 10.1. The summed E-state index contributed by atoms with van der Waals surface area (Å²) in [6, 6.07) is 0. The van der Waals surface area contributed by atoms with Crippen LogP contribution in [0, 0.1) is 5.41 Å². The topological polar surface area (TPSA) is 23.9 Å². The van der Waals surface area contributed by atoms with Crippen LogP contribution in [0.3, 0.4) is 0 Å². The predicted octanol–water partition coefficient (Wildman–Crippen LogP) is 2.77. The molecular formula is C8H15N. The van der Waals surface area contributed by atoms with E-state index in [2.05, 4.69) is 6.92 Å². The Kier molecular flexibility index (Phi) is 5.18. The van der Waals surface area contributed by atoms with Crippen LogP contribution in [-0.2, 0) is 0 Å². The van der Waals surface area contributed by atoms with Gasteiger partial charge in [-0.25, -0.2) is 0 Å². The molecule has 0 fully saturated rings. The molecule has 1 N–H and O–H groups in total. The Morgan fingerprint density at radius 2 is 2.22 bits per heavy atom. The number of hydrogen-bond acceptors (Lipinski definition) is 1. The number of allylic oxidation sites excluding steroid dienone is 2. The summed E-state index contributed by atoms with van der Waals surface area (Å²) < 4.78 is 0. The van der Waals surface area contributed by atoms with E-state index in [0.717, 1.165) is 25.0 Å². The fourth-order valence-corrected chi connectivity index (χ4v) is 0.664. The molecule has 0 spiro atoms. The van der Waals surface area contributed by atoms with Crippen LogP contribution in [-0.4, -0.2) is 5.71 Å². The molecule has 0 aromatic carbocycles. The second kappa shape index (κ2) is 5.54. The first-order valence-electron chi connectivity index (χ1n) is 3.48. The number of hydrogen-bond donors (Lipinski definition) is 1. The van der Waals surface area contributed by atoms with Crippen molar-refractivity contribution in [2.24, 2.45) is 0 Å². The maximum absolute atomic E-state index is 7.34. The van der Waals surface area contributed by atoms with Crippen molar-refractivity contribution in [1.29, 1.82) is 5.41 Å². The Balaban J connectivity index is 3.27. The van der Waals surface area contributed by atoms with Gasteiger partial charge in [0.25, 0.3) is 0 Å². The fraction of sp³-hybridized carbons (Fsp3) is 0.625. The van der Waals surface area contributed by atoms with Crippen molar-refractivity contribution in [3.8, 4) is 0 Å². The molecule has 0 aromatic rings. The van der Waals surface area contributed by atoms with Gasteiger partial charge in [-0.3, -0.25) is 0 Å². The van der Waals surface area contributed by atoms with Crippen LogP contribution in [0.2, 0.25) is 0 Å². The average Bonchev–Trinajstić information content (AvgIpc) is 1.85. The Morgan fingerprint density at radius 3 is 2.67 bits per heavy atom.